The summed E-state index contributed by atoms with van der Waals surface area (Å²) in [6, 6.07) is 6.34. The first kappa shape index (κ1) is 19.2. The Hall–Kier alpha value is -3.46. The molecule has 4 aromatic rings. The summed E-state index contributed by atoms with van der Waals surface area (Å²) in [5.74, 6) is 0.655. The molecular weight excluding hydrogens is 406 g/mol. The fourth-order valence-corrected chi connectivity index (χ4v) is 4.65. The van der Waals surface area contributed by atoms with Crippen LogP contribution in [0.1, 0.15) is 36.2 Å². The molecule has 0 aromatic carbocycles. The lowest BCUT2D eigenvalue weighted by molar-refractivity contribution is 0.0326. The van der Waals surface area contributed by atoms with Gasteiger partial charge >= 0.3 is 0 Å². The molecule has 5 heterocycles. The van der Waals surface area contributed by atoms with Crippen LogP contribution < -0.4 is 5.32 Å². The van der Waals surface area contributed by atoms with E-state index in [1.54, 1.807) is 13.3 Å². The third kappa shape index (κ3) is 3.20. The standard InChI is InChI=1S/C23H25N7O2/c1-32-17-10-16(11-17)26-23-25-12-19-18(6-9-30(19)27-23)15-4-5-21-24-13-20(29(21)14-15)22(31)28-7-2-3-8-28/h4-6,9,12-14,16-17H,2-3,7-8,10-11H2,1H3,(H,26,27)/t16-,17+. The number of nitrogens with zero attached hydrogens (tertiary/aromatic N) is 6. The number of nitrogens with one attached hydrogen (secondary N) is 1. The summed E-state index contributed by atoms with van der Waals surface area (Å²) in [5, 5.41) is 7.99. The van der Waals surface area contributed by atoms with Crippen LogP contribution in [0, 0.1) is 0 Å². The van der Waals surface area contributed by atoms with Crippen molar-refractivity contribution >= 4 is 23.0 Å². The molecule has 164 valence electrons. The molecule has 0 radical (unpaired) electrons. The van der Waals surface area contributed by atoms with Crippen LogP contribution in [0.3, 0.4) is 0 Å². The highest BCUT2D eigenvalue weighted by molar-refractivity contribution is 5.93. The van der Waals surface area contributed by atoms with E-state index in [2.05, 4.69) is 20.4 Å². The van der Waals surface area contributed by atoms with Gasteiger partial charge < -0.3 is 15.0 Å². The molecule has 6 rings (SSSR count). The molecule has 9 nitrogen and oxygen atoms in total. The molecule has 1 aliphatic heterocycles. The van der Waals surface area contributed by atoms with Gasteiger partial charge in [-0.25, -0.2) is 14.5 Å². The van der Waals surface area contributed by atoms with Crippen LogP contribution >= 0.6 is 0 Å². The Morgan fingerprint density at radius 2 is 1.97 bits per heavy atom. The maximum atomic E-state index is 13.0. The number of pyridine rings is 1. The predicted octanol–water partition coefficient (Wildman–Crippen LogP) is 2.87. The van der Waals surface area contributed by atoms with Gasteiger partial charge in [0.15, 0.2) is 0 Å². The number of carbonyl (C=O) groups is 1. The summed E-state index contributed by atoms with van der Waals surface area (Å²) in [4.78, 5) is 23.8. The van der Waals surface area contributed by atoms with Crippen LogP contribution in [0.4, 0.5) is 5.95 Å². The van der Waals surface area contributed by atoms with Crippen molar-refractivity contribution in [2.45, 2.75) is 37.8 Å². The Bertz CT molecular complexity index is 1300. The fraction of sp³-hybridized carbons (Fsp3) is 0.391. The van der Waals surface area contributed by atoms with Crippen molar-refractivity contribution in [2.75, 3.05) is 25.5 Å². The van der Waals surface area contributed by atoms with Crippen molar-refractivity contribution in [3.8, 4) is 11.1 Å². The molecular formula is C23H25N7O2. The fourth-order valence-electron chi connectivity index (χ4n) is 4.65. The average Bonchev–Trinajstić information content (AvgIpc) is 3.54. The summed E-state index contributed by atoms with van der Waals surface area (Å²) in [5.41, 5.74) is 4.27. The maximum Gasteiger partial charge on any atom is 0.272 e. The van der Waals surface area contributed by atoms with Crippen molar-refractivity contribution in [3.63, 3.8) is 0 Å². The van der Waals surface area contributed by atoms with Gasteiger partial charge in [-0.15, -0.1) is 5.10 Å². The Morgan fingerprint density at radius 1 is 1.12 bits per heavy atom. The van der Waals surface area contributed by atoms with Crippen molar-refractivity contribution < 1.29 is 9.53 Å². The van der Waals surface area contributed by atoms with Crippen LogP contribution in [0.5, 0.6) is 0 Å². The summed E-state index contributed by atoms with van der Waals surface area (Å²) in [6.07, 6.45) is 11.8. The third-order valence-corrected chi connectivity index (χ3v) is 6.61. The maximum absolute atomic E-state index is 13.0. The average molecular weight is 432 g/mol. The molecule has 0 unspecified atom stereocenters. The molecule has 0 atom stereocenters. The van der Waals surface area contributed by atoms with Crippen LogP contribution in [-0.2, 0) is 4.74 Å². The number of carbonyl (C=O) groups excluding carboxylic acids is 1. The smallest absolute Gasteiger partial charge is 0.272 e. The van der Waals surface area contributed by atoms with Crippen molar-refractivity contribution in [1.29, 1.82) is 0 Å². The van der Waals surface area contributed by atoms with Crippen molar-refractivity contribution in [2.24, 2.45) is 0 Å². The Morgan fingerprint density at radius 3 is 2.78 bits per heavy atom. The first-order chi connectivity index (χ1) is 15.7. The minimum absolute atomic E-state index is 0.0413. The lowest BCUT2D eigenvalue weighted by atomic mass is 9.89. The summed E-state index contributed by atoms with van der Waals surface area (Å²) >= 11 is 0. The molecule has 1 aliphatic carbocycles. The van der Waals surface area contributed by atoms with Gasteiger partial charge in [0, 0.05) is 49.8 Å². The first-order valence-corrected chi connectivity index (χ1v) is 11.1. The highest BCUT2D eigenvalue weighted by atomic mass is 16.5. The summed E-state index contributed by atoms with van der Waals surface area (Å²) in [7, 11) is 1.75. The zero-order chi connectivity index (χ0) is 21.7. The SMILES string of the molecule is CO[C@H]1C[C@@H](Nc2ncc3c(-c4ccc5ncc(C(=O)N6CCCC6)n5c4)ccn3n2)C1. The molecule has 2 fully saturated rings. The Balaban J connectivity index is 1.30. The second-order valence-electron chi connectivity index (χ2n) is 8.60. The van der Waals surface area contributed by atoms with Gasteiger partial charge in [-0.05, 0) is 43.9 Å². The van der Waals surface area contributed by atoms with E-state index in [-0.39, 0.29) is 5.91 Å². The Kier molecular flexibility index (Phi) is 4.57. The minimum atomic E-state index is 0.0413. The second-order valence-corrected chi connectivity index (χ2v) is 8.60. The number of hydrogen-bond acceptors (Lipinski definition) is 6. The predicted molar refractivity (Wildman–Crippen MR) is 120 cm³/mol. The van der Waals surface area contributed by atoms with E-state index in [4.69, 9.17) is 4.74 Å². The minimum Gasteiger partial charge on any atom is -0.381 e. The van der Waals surface area contributed by atoms with E-state index < -0.39 is 0 Å². The molecule has 4 aromatic heterocycles. The van der Waals surface area contributed by atoms with Crippen LogP contribution in [0.25, 0.3) is 22.3 Å². The van der Waals surface area contributed by atoms with Crippen LogP contribution in [0.15, 0.2) is 43.0 Å². The van der Waals surface area contributed by atoms with Gasteiger partial charge in [-0.3, -0.25) is 9.20 Å². The molecule has 1 amide bonds. The van der Waals surface area contributed by atoms with E-state index in [9.17, 15) is 4.79 Å². The van der Waals surface area contributed by atoms with Gasteiger partial charge in [-0.1, -0.05) is 0 Å². The highest BCUT2D eigenvalue weighted by Gasteiger charge is 2.29. The number of methoxy groups -OCH3 is 1. The number of rotatable bonds is 5. The molecule has 2 aliphatic rings. The molecule has 1 N–H and O–H groups in total. The van der Waals surface area contributed by atoms with Crippen molar-refractivity contribution in [1.82, 2.24) is 28.9 Å². The zero-order valence-corrected chi connectivity index (χ0v) is 17.9. The van der Waals surface area contributed by atoms with E-state index in [1.807, 2.05) is 50.6 Å². The van der Waals surface area contributed by atoms with E-state index in [1.165, 1.54) is 0 Å². The molecule has 0 bridgehead atoms. The molecule has 1 saturated heterocycles. The summed E-state index contributed by atoms with van der Waals surface area (Å²) in [6.45, 7) is 1.63. The van der Waals surface area contributed by atoms with E-state index in [0.717, 1.165) is 61.1 Å². The number of anilines is 1. The number of likely N-dealkylation sites (tertiary alicyclic amines) is 1. The molecule has 0 spiro atoms. The quantitative estimate of drug-likeness (QED) is 0.523. The van der Waals surface area contributed by atoms with Gasteiger partial charge in [0.25, 0.3) is 5.91 Å². The van der Waals surface area contributed by atoms with Crippen molar-refractivity contribution in [3.05, 3.63) is 48.7 Å². The number of hydrogen-bond donors (Lipinski definition) is 1. The molecule has 9 heteroatoms. The largest absolute Gasteiger partial charge is 0.381 e. The normalized spacial score (nSPS) is 20.7. The highest BCUT2D eigenvalue weighted by Crippen LogP contribution is 2.28. The first-order valence-electron chi connectivity index (χ1n) is 11.1. The second kappa shape index (κ2) is 7.59. The number of amides is 1. The van der Waals surface area contributed by atoms with Crippen LogP contribution in [0.2, 0.25) is 0 Å². The molecule has 1 saturated carbocycles. The lowest BCUT2D eigenvalue weighted by Crippen LogP contribution is -2.40. The number of ether oxygens (including phenoxy) is 1. The van der Waals surface area contributed by atoms with Gasteiger partial charge in [0.05, 0.1) is 24.0 Å². The third-order valence-electron chi connectivity index (χ3n) is 6.61. The van der Waals surface area contributed by atoms with E-state index in [0.29, 0.717) is 23.8 Å². The monoisotopic (exact) mass is 431 g/mol. The number of fused-ring (bicyclic) bond motifs is 2. The lowest BCUT2D eigenvalue weighted by Gasteiger charge is -2.34. The topological polar surface area (TPSA) is 89.1 Å². The van der Waals surface area contributed by atoms with Crippen LogP contribution in [-0.4, -0.2) is 67.1 Å². The molecule has 32 heavy (non-hydrogen) atoms. The van der Waals surface area contributed by atoms with Gasteiger partial charge in [0.1, 0.15) is 11.3 Å². The zero-order valence-electron chi connectivity index (χ0n) is 17.9. The number of imidazole rings is 1. The summed E-state index contributed by atoms with van der Waals surface area (Å²) < 4.78 is 9.06. The number of aromatic nitrogens is 5. The Labute approximate surface area is 185 Å². The van der Waals surface area contributed by atoms with E-state index >= 15 is 0 Å². The van der Waals surface area contributed by atoms with Gasteiger partial charge in [0.2, 0.25) is 5.95 Å². The van der Waals surface area contributed by atoms with Gasteiger partial charge in [-0.2, -0.15) is 0 Å².